The predicted molar refractivity (Wildman–Crippen MR) is 162 cm³/mol. The second kappa shape index (κ2) is 14.7. The number of rotatable bonds is 13. The fourth-order valence-electron chi connectivity index (χ4n) is 5.16. The predicted octanol–water partition coefficient (Wildman–Crippen LogP) is 4.21. The number of carboxylic acid groups (broad SMARTS) is 1. The first-order valence-electron chi connectivity index (χ1n) is 14.6. The number of nitrogens with zero attached hydrogens (tertiary/aromatic N) is 2. The van der Waals surface area contributed by atoms with Gasteiger partial charge in [0.25, 0.3) is 0 Å². The number of carbonyl (C=O) groups excluding carboxylic acids is 3. The van der Waals surface area contributed by atoms with E-state index in [2.05, 4.69) is 15.6 Å². The maximum absolute atomic E-state index is 13.8. The maximum Gasteiger partial charge on any atom is 0.303 e. The Morgan fingerprint density at radius 2 is 1.69 bits per heavy atom. The SMILES string of the molecule is Cc1ncsc1-c1ccc([C@H](C)NC(=O)[C@@H]2C[C@@H](O)CN2C(=O)[C@@H](NC(=O)CCCCCCC(=O)O)C(C)(C)C)cc1. The van der Waals surface area contributed by atoms with Crippen LogP contribution in [-0.4, -0.2) is 68.5 Å². The molecule has 1 aliphatic rings. The first-order valence-corrected chi connectivity index (χ1v) is 15.5. The Morgan fingerprint density at radius 1 is 1.05 bits per heavy atom. The Hall–Kier alpha value is -3.31. The average Bonchev–Trinajstić information content (AvgIpc) is 3.53. The van der Waals surface area contributed by atoms with Crippen molar-refractivity contribution < 1.29 is 29.4 Å². The summed E-state index contributed by atoms with van der Waals surface area (Å²) in [5.74, 6) is -1.85. The molecule has 0 saturated carbocycles. The van der Waals surface area contributed by atoms with Crippen LogP contribution < -0.4 is 10.6 Å². The molecule has 0 aliphatic carbocycles. The Kier molecular flexibility index (Phi) is 11.6. The minimum absolute atomic E-state index is 0.0141. The van der Waals surface area contributed by atoms with Crippen LogP contribution in [0.3, 0.4) is 0 Å². The van der Waals surface area contributed by atoms with Gasteiger partial charge < -0.3 is 25.7 Å². The van der Waals surface area contributed by atoms with E-state index in [1.807, 2.05) is 64.4 Å². The monoisotopic (exact) mass is 600 g/mol. The summed E-state index contributed by atoms with van der Waals surface area (Å²) in [5, 5.41) is 25.1. The molecule has 0 spiro atoms. The highest BCUT2D eigenvalue weighted by atomic mass is 32.1. The molecular formula is C31H44N4O6S. The summed E-state index contributed by atoms with van der Waals surface area (Å²) >= 11 is 1.58. The van der Waals surface area contributed by atoms with E-state index in [1.165, 1.54) is 4.90 Å². The lowest BCUT2D eigenvalue weighted by atomic mass is 9.85. The van der Waals surface area contributed by atoms with E-state index in [9.17, 15) is 24.3 Å². The molecule has 1 aromatic heterocycles. The summed E-state index contributed by atoms with van der Waals surface area (Å²) in [7, 11) is 0. The lowest BCUT2D eigenvalue weighted by Gasteiger charge is -2.35. The van der Waals surface area contributed by atoms with Crippen molar-refractivity contribution in [2.75, 3.05) is 6.54 Å². The maximum atomic E-state index is 13.8. The molecule has 11 heteroatoms. The van der Waals surface area contributed by atoms with Crippen LogP contribution in [0.5, 0.6) is 0 Å². The van der Waals surface area contributed by atoms with Crippen LogP contribution in [-0.2, 0) is 19.2 Å². The number of aliphatic carboxylic acids is 1. The molecule has 4 N–H and O–H groups in total. The number of carboxylic acids is 1. The number of aryl methyl sites for hydroxylation is 1. The molecule has 0 bridgehead atoms. The van der Waals surface area contributed by atoms with Gasteiger partial charge in [0.1, 0.15) is 12.1 Å². The molecule has 4 atom stereocenters. The van der Waals surface area contributed by atoms with Crippen LogP contribution in [0, 0.1) is 12.3 Å². The summed E-state index contributed by atoms with van der Waals surface area (Å²) in [6, 6.07) is 5.87. The van der Waals surface area contributed by atoms with E-state index in [-0.39, 0.29) is 43.7 Å². The smallest absolute Gasteiger partial charge is 0.303 e. The summed E-state index contributed by atoms with van der Waals surface area (Å²) in [6.07, 6.45) is 2.21. The molecule has 1 aliphatic heterocycles. The number of likely N-dealkylation sites (tertiary alicyclic amines) is 1. The van der Waals surface area contributed by atoms with Crippen molar-refractivity contribution in [3.63, 3.8) is 0 Å². The molecule has 230 valence electrons. The molecule has 3 amide bonds. The van der Waals surface area contributed by atoms with Gasteiger partial charge in [0.15, 0.2) is 0 Å². The highest BCUT2D eigenvalue weighted by Gasteiger charge is 2.44. The first-order chi connectivity index (χ1) is 19.8. The molecular weight excluding hydrogens is 556 g/mol. The highest BCUT2D eigenvalue weighted by Crippen LogP contribution is 2.29. The first kappa shape index (κ1) is 33.2. The Balaban J connectivity index is 1.62. The van der Waals surface area contributed by atoms with Crippen LogP contribution in [0.25, 0.3) is 10.4 Å². The molecule has 2 aromatic rings. The van der Waals surface area contributed by atoms with Crippen molar-refractivity contribution in [3.8, 4) is 10.4 Å². The number of thiazole rings is 1. The van der Waals surface area contributed by atoms with Crippen LogP contribution in [0.4, 0.5) is 0 Å². The third kappa shape index (κ3) is 9.09. The van der Waals surface area contributed by atoms with Gasteiger partial charge in [-0.15, -0.1) is 11.3 Å². The van der Waals surface area contributed by atoms with Gasteiger partial charge in [-0.05, 0) is 43.2 Å². The third-order valence-electron chi connectivity index (χ3n) is 7.60. The number of benzene rings is 1. The third-order valence-corrected chi connectivity index (χ3v) is 8.58. The van der Waals surface area contributed by atoms with Gasteiger partial charge in [-0.25, -0.2) is 4.98 Å². The largest absolute Gasteiger partial charge is 0.481 e. The standard InChI is InChI=1S/C31H44N4O6S/c1-19(21-12-14-22(15-13-21)27-20(2)32-18-42-27)33-29(40)24-16-23(36)17-35(24)30(41)28(31(3,4)5)34-25(37)10-8-6-7-9-11-26(38)39/h12-15,18-19,23-24,28,36H,6-11,16-17H2,1-5H3,(H,33,40)(H,34,37)(H,38,39)/t19-,23+,24-,28+/m0/s1. The van der Waals surface area contributed by atoms with E-state index in [0.29, 0.717) is 12.8 Å². The number of nitrogens with one attached hydrogen (secondary N) is 2. The minimum Gasteiger partial charge on any atom is -0.481 e. The van der Waals surface area contributed by atoms with Gasteiger partial charge in [-0.3, -0.25) is 19.2 Å². The van der Waals surface area contributed by atoms with Gasteiger partial charge in [-0.1, -0.05) is 57.9 Å². The van der Waals surface area contributed by atoms with E-state index in [4.69, 9.17) is 5.11 Å². The second-order valence-corrected chi connectivity index (χ2v) is 13.0. The van der Waals surface area contributed by atoms with Gasteiger partial charge in [0.05, 0.1) is 28.2 Å². The van der Waals surface area contributed by atoms with E-state index in [1.54, 1.807) is 11.3 Å². The average molecular weight is 601 g/mol. The van der Waals surface area contributed by atoms with Crippen LogP contribution >= 0.6 is 11.3 Å². The number of aliphatic hydroxyl groups excluding tert-OH is 1. The van der Waals surface area contributed by atoms with Crippen LogP contribution in [0.1, 0.15) is 89.9 Å². The van der Waals surface area contributed by atoms with Crippen molar-refractivity contribution >= 4 is 35.0 Å². The zero-order valence-electron chi connectivity index (χ0n) is 25.2. The topological polar surface area (TPSA) is 149 Å². The van der Waals surface area contributed by atoms with Gasteiger partial charge in [0.2, 0.25) is 17.7 Å². The van der Waals surface area contributed by atoms with E-state index in [0.717, 1.165) is 34.5 Å². The molecule has 1 saturated heterocycles. The van der Waals surface area contributed by atoms with Crippen molar-refractivity contribution in [3.05, 3.63) is 41.0 Å². The Labute approximate surface area is 251 Å². The van der Waals surface area contributed by atoms with Crippen molar-refractivity contribution in [2.45, 2.75) is 104 Å². The lowest BCUT2D eigenvalue weighted by Crippen LogP contribution is -2.57. The van der Waals surface area contributed by atoms with Gasteiger partial charge in [-0.2, -0.15) is 0 Å². The van der Waals surface area contributed by atoms with E-state index >= 15 is 0 Å². The zero-order chi connectivity index (χ0) is 31.0. The summed E-state index contributed by atoms with van der Waals surface area (Å²) in [5.41, 5.74) is 4.12. The van der Waals surface area contributed by atoms with Crippen molar-refractivity contribution in [1.29, 1.82) is 0 Å². The number of carbonyl (C=O) groups is 4. The molecule has 1 fully saturated rings. The second-order valence-electron chi connectivity index (χ2n) is 12.2. The van der Waals surface area contributed by atoms with Crippen LogP contribution in [0.2, 0.25) is 0 Å². The number of aliphatic hydroxyl groups is 1. The number of hydrogen-bond donors (Lipinski definition) is 4. The molecule has 42 heavy (non-hydrogen) atoms. The quantitative estimate of drug-likeness (QED) is 0.252. The molecule has 2 heterocycles. The lowest BCUT2D eigenvalue weighted by molar-refractivity contribution is -0.144. The van der Waals surface area contributed by atoms with Gasteiger partial charge >= 0.3 is 5.97 Å². The Morgan fingerprint density at radius 3 is 2.26 bits per heavy atom. The van der Waals surface area contributed by atoms with E-state index < -0.39 is 35.5 Å². The number of hydrogen-bond acceptors (Lipinski definition) is 7. The van der Waals surface area contributed by atoms with Crippen LogP contribution in [0.15, 0.2) is 29.8 Å². The number of amides is 3. The fraction of sp³-hybridized carbons (Fsp3) is 0.581. The normalized spacial score (nSPS) is 18.4. The molecule has 0 radical (unpaired) electrons. The number of aromatic nitrogens is 1. The summed E-state index contributed by atoms with van der Waals surface area (Å²) < 4.78 is 0. The number of β-amino-alcohol motifs (C(OH)–C–C–N with tert-alkyl or cyclic N) is 1. The summed E-state index contributed by atoms with van der Waals surface area (Å²) in [6.45, 7) is 9.41. The van der Waals surface area contributed by atoms with Crippen molar-refractivity contribution in [1.82, 2.24) is 20.5 Å². The number of unbranched alkanes of at least 4 members (excludes halogenated alkanes) is 3. The van der Waals surface area contributed by atoms with Crippen molar-refractivity contribution in [2.24, 2.45) is 5.41 Å². The molecule has 3 rings (SSSR count). The molecule has 0 unspecified atom stereocenters. The minimum atomic E-state index is -0.877. The Bertz CT molecular complexity index is 1240. The molecule has 10 nitrogen and oxygen atoms in total. The van der Waals surface area contributed by atoms with Gasteiger partial charge in [0, 0.05) is 25.8 Å². The molecule has 1 aromatic carbocycles. The fourth-order valence-corrected chi connectivity index (χ4v) is 5.98. The summed E-state index contributed by atoms with van der Waals surface area (Å²) in [4.78, 5) is 57.4. The highest BCUT2D eigenvalue weighted by molar-refractivity contribution is 7.13. The zero-order valence-corrected chi connectivity index (χ0v) is 26.0.